The van der Waals surface area contributed by atoms with Crippen LogP contribution in [0.3, 0.4) is 0 Å². The second-order valence-electron chi connectivity index (χ2n) is 6.70. The number of carbonyl (C=O) groups is 1. The van der Waals surface area contributed by atoms with Crippen molar-refractivity contribution in [3.63, 3.8) is 0 Å². The fourth-order valence-electron chi connectivity index (χ4n) is 4.10. The highest BCUT2D eigenvalue weighted by molar-refractivity contribution is 5.97. The average molecular weight is 350 g/mol. The van der Waals surface area contributed by atoms with Gasteiger partial charge in [0.25, 0.3) is 0 Å². The molecule has 6 heteroatoms. The van der Waals surface area contributed by atoms with Crippen molar-refractivity contribution in [1.29, 1.82) is 0 Å². The monoisotopic (exact) mass is 350 g/mol. The molecule has 3 heterocycles. The molecule has 0 bridgehead atoms. The summed E-state index contributed by atoms with van der Waals surface area (Å²) in [5, 5.41) is 14.0. The molecule has 5 rings (SSSR count). The Morgan fingerprint density at radius 2 is 2.15 bits per heavy atom. The Kier molecular flexibility index (Phi) is 3.16. The van der Waals surface area contributed by atoms with Gasteiger partial charge in [0.2, 0.25) is 5.91 Å². The number of hydrogen-bond donors (Lipinski definition) is 3. The normalized spacial score (nSPS) is 21.0. The number of aromatic hydroxyl groups is 1. The molecule has 3 aromatic rings. The maximum atomic E-state index is 12.9. The molecule has 0 radical (unpaired) electrons. The van der Waals surface area contributed by atoms with Crippen LogP contribution < -0.4 is 14.8 Å². The fraction of sp³-hybridized carbons (Fsp3) is 0.250. The molecule has 1 amide bonds. The van der Waals surface area contributed by atoms with Crippen LogP contribution in [-0.2, 0) is 11.2 Å². The van der Waals surface area contributed by atoms with Crippen LogP contribution in [-0.4, -0.2) is 29.7 Å². The number of rotatable bonds is 2. The molecule has 0 saturated carbocycles. The summed E-state index contributed by atoms with van der Waals surface area (Å²) >= 11 is 0. The Morgan fingerprint density at radius 3 is 3.00 bits per heavy atom. The quantitative estimate of drug-likeness (QED) is 0.664. The predicted octanol–water partition coefficient (Wildman–Crippen LogP) is 2.77. The number of phenols is 1. The molecule has 6 nitrogen and oxygen atoms in total. The minimum Gasteiger partial charge on any atom is -0.504 e. The zero-order valence-electron chi connectivity index (χ0n) is 14.2. The third kappa shape index (κ3) is 2.02. The molecule has 0 aliphatic carbocycles. The lowest BCUT2D eigenvalue weighted by atomic mass is 9.86. The van der Waals surface area contributed by atoms with Crippen LogP contribution in [0.4, 0.5) is 0 Å². The summed E-state index contributed by atoms with van der Waals surface area (Å²) in [6.45, 7) is 0.595. The van der Waals surface area contributed by atoms with E-state index in [4.69, 9.17) is 9.47 Å². The van der Waals surface area contributed by atoms with E-state index in [1.54, 1.807) is 18.2 Å². The highest BCUT2D eigenvalue weighted by Crippen LogP contribution is 2.51. The highest BCUT2D eigenvalue weighted by Gasteiger charge is 2.43. The van der Waals surface area contributed by atoms with E-state index in [0.29, 0.717) is 12.3 Å². The van der Waals surface area contributed by atoms with E-state index in [1.807, 2.05) is 18.3 Å². The molecular weight excluding hydrogens is 332 g/mol. The van der Waals surface area contributed by atoms with Crippen molar-refractivity contribution in [2.24, 2.45) is 0 Å². The van der Waals surface area contributed by atoms with Gasteiger partial charge < -0.3 is 24.9 Å². The van der Waals surface area contributed by atoms with Crippen molar-refractivity contribution in [2.75, 3.05) is 13.7 Å². The molecule has 1 aromatic heterocycles. The number of aromatic amines is 1. The first-order valence-corrected chi connectivity index (χ1v) is 8.61. The van der Waals surface area contributed by atoms with Gasteiger partial charge in [-0.05, 0) is 41.8 Å². The van der Waals surface area contributed by atoms with Gasteiger partial charge in [-0.15, -0.1) is 0 Å². The molecule has 132 valence electrons. The van der Waals surface area contributed by atoms with E-state index in [1.165, 1.54) is 12.7 Å². The molecule has 0 spiro atoms. The van der Waals surface area contributed by atoms with E-state index < -0.39 is 12.0 Å². The molecule has 2 atom stereocenters. The third-order valence-corrected chi connectivity index (χ3v) is 5.30. The molecule has 2 aliphatic heterocycles. The lowest BCUT2D eigenvalue weighted by molar-refractivity contribution is -0.124. The minimum atomic E-state index is -0.467. The van der Waals surface area contributed by atoms with E-state index in [9.17, 15) is 9.90 Å². The first-order chi connectivity index (χ1) is 12.7. The standard InChI is InChI=1S/C20H18N2O4/c1-25-15-8-10(2-4-13(15)23)19-18-17-14(26-19)5-3-12-16(17)11(9-22-12)6-7-21-20(18)24/h2-5,8-9,18-19,22-23H,6-7H2,1H3,(H,21,24)/t18-,19+/m1/s1. The first kappa shape index (κ1) is 15.1. The number of phenolic OH excluding ortho intramolecular Hbond substituents is 1. The second-order valence-corrected chi connectivity index (χ2v) is 6.70. The molecule has 0 saturated heterocycles. The number of ether oxygens (including phenoxy) is 2. The van der Waals surface area contributed by atoms with Crippen molar-refractivity contribution < 1.29 is 19.4 Å². The smallest absolute Gasteiger partial charge is 0.231 e. The van der Waals surface area contributed by atoms with Crippen LogP contribution in [0.5, 0.6) is 17.2 Å². The maximum absolute atomic E-state index is 12.9. The third-order valence-electron chi connectivity index (χ3n) is 5.30. The van der Waals surface area contributed by atoms with Gasteiger partial charge >= 0.3 is 0 Å². The number of amides is 1. The zero-order valence-corrected chi connectivity index (χ0v) is 14.2. The summed E-state index contributed by atoms with van der Waals surface area (Å²) in [7, 11) is 1.50. The first-order valence-electron chi connectivity index (χ1n) is 8.61. The van der Waals surface area contributed by atoms with Crippen LogP contribution in [0, 0.1) is 0 Å². The maximum Gasteiger partial charge on any atom is 0.231 e. The molecular formula is C20H18N2O4. The van der Waals surface area contributed by atoms with Crippen molar-refractivity contribution in [3.05, 3.63) is 53.2 Å². The van der Waals surface area contributed by atoms with Crippen LogP contribution in [0.15, 0.2) is 36.5 Å². The topological polar surface area (TPSA) is 83.6 Å². The number of methoxy groups -OCH3 is 1. The van der Waals surface area contributed by atoms with Crippen LogP contribution >= 0.6 is 0 Å². The van der Waals surface area contributed by atoms with E-state index in [-0.39, 0.29) is 11.7 Å². The van der Waals surface area contributed by atoms with Crippen molar-refractivity contribution in [1.82, 2.24) is 10.3 Å². The molecule has 0 fully saturated rings. The van der Waals surface area contributed by atoms with Crippen LogP contribution in [0.1, 0.15) is 28.7 Å². The Balaban J connectivity index is 1.71. The zero-order chi connectivity index (χ0) is 17.8. The van der Waals surface area contributed by atoms with E-state index >= 15 is 0 Å². The lowest BCUT2D eigenvalue weighted by Crippen LogP contribution is -2.34. The van der Waals surface area contributed by atoms with Crippen LogP contribution in [0.25, 0.3) is 10.9 Å². The number of hydrogen-bond acceptors (Lipinski definition) is 4. The highest BCUT2D eigenvalue weighted by atomic mass is 16.5. The molecule has 3 N–H and O–H groups in total. The largest absolute Gasteiger partial charge is 0.504 e. The summed E-state index contributed by atoms with van der Waals surface area (Å²) < 4.78 is 11.4. The number of carbonyl (C=O) groups excluding carboxylic acids is 1. The van der Waals surface area contributed by atoms with Gasteiger partial charge in [-0.3, -0.25) is 4.79 Å². The van der Waals surface area contributed by atoms with Gasteiger partial charge in [0.15, 0.2) is 11.5 Å². The van der Waals surface area contributed by atoms with Gasteiger partial charge in [-0.25, -0.2) is 0 Å². The molecule has 2 aromatic carbocycles. The summed E-state index contributed by atoms with van der Waals surface area (Å²) in [5.41, 5.74) is 3.94. The van der Waals surface area contributed by atoms with Crippen LogP contribution in [0.2, 0.25) is 0 Å². The number of aromatic nitrogens is 1. The van der Waals surface area contributed by atoms with Gasteiger partial charge in [0.05, 0.1) is 7.11 Å². The van der Waals surface area contributed by atoms with Gasteiger partial charge in [-0.2, -0.15) is 0 Å². The van der Waals surface area contributed by atoms with Gasteiger partial charge in [-0.1, -0.05) is 6.07 Å². The van der Waals surface area contributed by atoms with Crippen molar-refractivity contribution in [3.8, 4) is 17.2 Å². The summed E-state index contributed by atoms with van der Waals surface area (Å²) in [6, 6.07) is 8.98. The average Bonchev–Trinajstić information content (AvgIpc) is 3.21. The number of nitrogens with one attached hydrogen (secondary N) is 2. The molecule has 2 aliphatic rings. The summed E-state index contributed by atoms with van der Waals surface area (Å²) in [5.74, 6) is 0.667. The molecule has 26 heavy (non-hydrogen) atoms. The SMILES string of the molecule is COc1cc([C@@H]2Oc3ccc4[nH]cc5c4c3[C@H]2C(=O)NCC5)ccc1O. The lowest BCUT2D eigenvalue weighted by Gasteiger charge is -2.21. The minimum absolute atomic E-state index is 0.0415. The van der Waals surface area contributed by atoms with E-state index in [2.05, 4.69) is 10.3 Å². The van der Waals surface area contributed by atoms with Crippen molar-refractivity contribution >= 4 is 16.8 Å². The molecule has 0 unspecified atom stereocenters. The fourth-order valence-corrected chi connectivity index (χ4v) is 4.10. The van der Waals surface area contributed by atoms with E-state index in [0.717, 1.165) is 34.2 Å². The summed E-state index contributed by atoms with van der Waals surface area (Å²) in [6.07, 6.45) is 2.33. The second kappa shape index (κ2) is 5.42. The Morgan fingerprint density at radius 1 is 1.27 bits per heavy atom. The number of benzene rings is 2. The number of H-pyrrole nitrogens is 1. The van der Waals surface area contributed by atoms with Crippen molar-refractivity contribution in [2.45, 2.75) is 18.4 Å². The predicted molar refractivity (Wildman–Crippen MR) is 95.8 cm³/mol. The Labute approximate surface area is 149 Å². The summed E-state index contributed by atoms with van der Waals surface area (Å²) in [4.78, 5) is 16.2. The van der Waals surface area contributed by atoms with Gasteiger partial charge in [0.1, 0.15) is 17.8 Å². The Bertz CT molecular complexity index is 1040. The Hall–Kier alpha value is -3.15. The van der Waals surface area contributed by atoms with Gasteiger partial charge in [0, 0.05) is 29.2 Å².